The van der Waals surface area contributed by atoms with Crippen LogP contribution in [0.25, 0.3) is 0 Å². The van der Waals surface area contributed by atoms with Crippen molar-refractivity contribution in [1.82, 2.24) is 10.3 Å². The molecule has 0 fully saturated rings. The minimum atomic E-state index is 0.488. The van der Waals surface area contributed by atoms with Crippen molar-refractivity contribution in [2.75, 3.05) is 13.1 Å². The number of aryl methyl sites for hydroxylation is 1. The van der Waals surface area contributed by atoms with Gasteiger partial charge < -0.3 is 5.32 Å². The van der Waals surface area contributed by atoms with Crippen molar-refractivity contribution >= 4 is 5.71 Å². The van der Waals surface area contributed by atoms with E-state index in [0.29, 0.717) is 5.71 Å². The van der Waals surface area contributed by atoms with E-state index in [1.54, 1.807) is 6.20 Å². The lowest BCUT2D eigenvalue weighted by Crippen LogP contribution is -2.15. The molecule has 0 atom stereocenters. The molecule has 0 saturated heterocycles. The SMILES string of the molecule is C=C.CC.CCCCNCC/C=C/C(=N)c1ncccc1C. The Morgan fingerprint density at radius 3 is 2.59 bits per heavy atom. The molecule has 3 heteroatoms. The summed E-state index contributed by atoms with van der Waals surface area (Å²) < 4.78 is 0. The predicted octanol–water partition coefficient (Wildman–Crippen LogP) is 4.92. The van der Waals surface area contributed by atoms with Crippen LogP contribution in [0.4, 0.5) is 0 Å². The normalized spacial score (nSPS) is 9.45. The Hall–Kier alpha value is -1.74. The van der Waals surface area contributed by atoms with Crippen molar-refractivity contribution in [2.45, 2.75) is 47.0 Å². The highest BCUT2D eigenvalue weighted by atomic mass is 14.8. The summed E-state index contributed by atoms with van der Waals surface area (Å²) in [6.45, 7) is 16.2. The maximum absolute atomic E-state index is 7.95. The second-order valence-corrected chi connectivity index (χ2v) is 4.38. The minimum absolute atomic E-state index is 0.488. The van der Waals surface area contributed by atoms with Crippen molar-refractivity contribution in [3.8, 4) is 0 Å². The third-order valence-corrected chi connectivity index (χ3v) is 2.74. The zero-order valence-corrected chi connectivity index (χ0v) is 14.8. The van der Waals surface area contributed by atoms with Gasteiger partial charge in [-0.3, -0.25) is 10.4 Å². The van der Waals surface area contributed by atoms with Gasteiger partial charge in [0.05, 0.1) is 11.4 Å². The van der Waals surface area contributed by atoms with E-state index in [2.05, 4.69) is 30.4 Å². The fraction of sp³-hybridized carbons (Fsp3) is 0.474. The first-order valence-corrected chi connectivity index (χ1v) is 8.13. The lowest BCUT2D eigenvalue weighted by atomic mass is 10.1. The van der Waals surface area contributed by atoms with Crippen LogP contribution in [0.15, 0.2) is 43.6 Å². The van der Waals surface area contributed by atoms with Crippen LogP contribution in [0.3, 0.4) is 0 Å². The highest BCUT2D eigenvalue weighted by Gasteiger charge is 2.01. The molecule has 124 valence electrons. The van der Waals surface area contributed by atoms with Gasteiger partial charge in [0, 0.05) is 6.20 Å². The highest BCUT2D eigenvalue weighted by Crippen LogP contribution is 2.04. The van der Waals surface area contributed by atoms with Crippen LogP contribution in [0, 0.1) is 12.3 Å². The Balaban J connectivity index is 0. The fourth-order valence-corrected chi connectivity index (χ4v) is 1.66. The number of hydrogen-bond donors (Lipinski definition) is 2. The summed E-state index contributed by atoms with van der Waals surface area (Å²) in [7, 11) is 0. The van der Waals surface area contributed by atoms with E-state index >= 15 is 0 Å². The number of pyridine rings is 1. The molecule has 0 aliphatic heterocycles. The largest absolute Gasteiger partial charge is 0.316 e. The molecule has 0 aromatic carbocycles. The Morgan fingerprint density at radius 2 is 2.00 bits per heavy atom. The summed E-state index contributed by atoms with van der Waals surface area (Å²) >= 11 is 0. The van der Waals surface area contributed by atoms with E-state index in [9.17, 15) is 0 Å². The second kappa shape index (κ2) is 17.3. The van der Waals surface area contributed by atoms with Gasteiger partial charge in [-0.25, -0.2) is 0 Å². The first-order valence-electron chi connectivity index (χ1n) is 8.13. The molecule has 1 aromatic heterocycles. The molecule has 0 amide bonds. The lowest BCUT2D eigenvalue weighted by Gasteiger charge is -2.02. The van der Waals surface area contributed by atoms with Crippen LogP contribution in [0.5, 0.6) is 0 Å². The van der Waals surface area contributed by atoms with Crippen LogP contribution >= 0.6 is 0 Å². The average Bonchev–Trinajstić information content (AvgIpc) is 2.58. The van der Waals surface area contributed by atoms with Crippen LogP contribution in [-0.2, 0) is 0 Å². The highest BCUT2D eigenvalue weighted by molar-refractivity contribution is 6.05. The van der Waals surface area contributed by atoms with E-state index < -0.39 is 0 Å². The van der Waals surface area contributed by atoms with Crippen LogP contribution in [-0.4, -0.2) is 23.8 Å². The van der Waals surface area contributed by atoms with Crippen LogP contribution < -0.4 is 5.32 Å². The Labute approximate surface area is 137 Å². The van der Waals surface area contributed by atoms with Crippen molar-refractivity contribution in [2.24, 2.45) is 0 Å². The number of rotatable bonds is 8. The quantitative estimate of drug-likeness (QED) is 0.407. The van der Waals surface area contributed by atoms with Crippen molar-refractivity contribution in [1.29, 1.82) is 5.41 Å². The molecule has 0 unspecified atom stereocenters. The van der Waals surface area contributed by atoms with Gasteiger partial charge in [0.15, 0.2) is 0 Å². The van der Waals surface area contributed by atoms with Gasteiger partial charge in [-0.15, -0.1) is 13.2 Å². The molecule has 2 N–H and O–H groups in total. The first-order chi connectivity index (χ1) is 10.8. The standard InChI is InChI=1S/C15H23N3.C2H6.C2H4/c1-3-4-10-17-11-6-5-9-14(16)15-13(2)8-7-12-18-15;2*1-2/h5,7-9,12,16-17H,3-4,6,10-11H2,1-2H3;1-2H3;1-2H2/b9-5+,16-14?;;. The summed E-state index contributed by atoms with van der Waals surface area (Å²) in [5.74, 6) is 0. The number of aromatic nitrogens is 1. The monoisotopic (exact) mass is 303 g/mol. The van der Waals surface area contributed by atoms with Gasteiger partial charge in [-0.05, 0) is 50.6 Å². The second-order valence-electron chi connectivity index (χ2n) is 4.38. The zero-order chi connectivity index (χ0) is 17.2. The van der Waals surface area contributed by atoms with Crippen LogP contribution in [0.2, 0.25) is 0 Å². The van der Waals surface area contributed by atoms with Crippen molar-refractivity contribution < 1.29 is 0 Å². The molecule has 1 rings (SSSR count). The van der Waals surface area contributed by atoms with E-state index in [0.717, 1.165) is 30.8 Å². The molecule has 0 bridgehead atoms. The van der Waals surface area contributed by atoms with Gasteiger partial charge in [0.1, 0.15) is 0 Å². The molecule has 3 nitrogen and oxygen atoms in total. The molecular weight excluding hydrogens is 270 g/mol. The van der Waals surface area contributed by atoms with Gasteiger partial charge in [0.2, 0.25) is 0 Å². The van der Waals surface area contributed by atoms with Crippen molar-refractivity contribution in [3.05, 3.63) is 54.9 Å². The van der Waals surface area contributed by atoms with Crippen molar-refractivity contribution in [3.63, 3.8) is 0 Å². The Bertz CT molecular complexity index is 411. The minimum Gasteiger partial charge on any atom is -0.316 e. The van der Waals surface area contributed by atoms with Gasteiger partial charge >= 0.3 is 0 Å². The van der Waals surface area contributed by atoms with Gasteiger partial charge in [-0.2, -0.15) is 0 Å². The predicted molar refractivity (Wildman–Crippen MR) is 99.9 cm³/mol. The molecule has 0 spiro atoms. The van der Waals surface area contributed by atoms with Gasteiger partial charge in [0.25, 0.3) is 0 Å². The fourth-order valence-electron chi connectivity index (χ4n) is 1.66. The topological polar surface area (TPSA) is 48.8 Å². The van der Waals surface area contributed by atoms with Crippen LogP contribution in [0.1, 0.15) is 51.3 Å². The van der Waals surface area contributed by atoms with E-state index in [1.165, 1.54) is 12.8 Å². The summed E-state index contributed by atoms with van der Waals surface area (Å²) in [5.41, 5.74) is 2.31. The summed E-state index contributed by atoms with van der Waals surface area (Å²) in [4.78, 5) is 4.23. The maximum atomic E-state index is 7.95. The number of hydrogen-bond acceptors (Lipinski definition) is 3. The first kappa shape index (κ1) is 22.5. The summed E-state index contributed by atoms with van der Waals surface area (Å²) in [6, 6.07) is 3.88. The van der Waals surface area contributed by atoms with Gasteiger partial charge in [-0.1, -0.05) is 39.3 Å². The molecule has 0 aliphatic rings. The molecule has 0 radical (unpaired) electrons. The zero-order valence-electron chi connectivity index (χ0n) is 14.8. The third kappa shape index (κ3) is 11.0. The number of nitrogens with one attached hydrogen (secondary N) is 2. The maximum Gasteiger partial charge on any atom is 0.0907 e. The van der Waals surface area contributed by atoms with E-state index in [-0.39, 0.29) is 0 Å². The molecular formula is C19H33N3. The Morgan fingerprint density at radius 1 is 1.32 bits per heavy atom. The lowest BCUT2D eigenvalue weighted by molar-refractivity contribution is 0.645. The molecule has 22 heavy (non-hydrogen) atoms. The van der Waals surface area contributed by atoms with E-state index in [1.807, 2.05) is 45.1 Å². The molecule has 0 aliphatic carbocycles. The molecule has 0 saturated carbocycles. The number of unbranched alkanes of at least 4 members (excludes halogenated alkanes) is 1. The molecule has 1 heterocycles. The average molecular weight is 303 g/mol. The number of allylic oxidation sites excluding steroid dienone is 1. The Kier molecular flexibility index (Phi) is 17.7. The third-order valence-electron chi connectivity index (χ3n) is 2.74. The summed E-state index contributed by atoms with van der Waals surface area (Å²) in [6.07, 6.45) is 9.03. The van der Waals surface area contributed by atoms with E-state index in [4.69, 9.17) is 5.41 Å². The molecule has 1 aromatic rings. The smallest absolute Gasteiger partial charge is 0.0907 e. The summed E-state index contributed by atoms with van der Waals surface area (Å²) in [5, 5.41) is 11.3. The number of nitrogens with zero attached hydrogens (tertiary/aromatic N) is 1.